The zero-order chi connectivity index (χ0) is 21.3. The number of aliphatic imine (C=N–C) groups is 1. The fourth-order valence-electron chi connectivity index (χ4n) is 3.72. The number of imidazole rings is 1. The van der Waals surface area contributed by atoms with Gasteiger partial charge in [-0.25, -0.2) is 9.37 Å². The first kappa shape index (κ1) is 19.9. The van der Waals surface area contributed by atoms with E-state index in [1.165, 1.54) is 6.07 Å². The summed E-state index contributed by atoms with van der Waals surface area (Å²) in [7, 11) is 0. The predicted octanol–water partition coefficient (Wildman–Crippen LogP) is 4.26. The lowest BCUT2D eigenvalue weighted by atomic mass is 10.0. The lowest BCUT2D eigenvalue weighted by Gasteiger charge is -2.15. The minimum absolute atomic E-state index is 0.215. The number of pyridine rings is 1. The first-order chi connectivity index (χ1) is 14.5. The van der Waals surface area contributed by atoms with Crippen LogP contribution in [0, 0.1) is 19.7 Å². The highest BCUT2D eigenvalue weighted by Crippen LogP contribution is 2.34. The summed E-state index contributed by atoms with van der Waals surface area (Å²) < 4.78 is 21.6. The van der Waals surface area contributed by atoms with Crippen molar-refractivity contribution in [3.8, 4) is 5.69 Å². The van der Waals surface area contributed by atoms with Crippen LogP contribution in [0.4, 0.5) is 4.39 Å². The summed E-state index contributed by atoms with van der Waals surface area (Å²) in [6.07, 6.45) is 4.10. The maximum absolute atomic E-state index is 14.6. The minimum atomic E-state index is -0.393. The highest BCUT2D eigenvalue weighted by molar-refractivity contribution is 6.14. The molecule has 0 bridgehead atoms. The third-order valence-corrected chi connectivity index (χ3v) is 5.16. The molecule has 1 aromatic carbocycles. The van der Waals surface area contributed by atoms with E-state index in [-0.39, 0.29) is 18.2 Å². The van der Waals surface area contributed by atoms with Crippen LogP contribution in [0.1, 0.15) is 54.1 Å². The quantitative estimate of drug-likeness (QED) is 0.594. The van der Waals surface area contributed by atoms with E-state index in [0.29, 0.717) is 41.5 Å². The van der Waals surface area contributed by atoms with Gasteiger partial charge in [0.15, 0.2) is 0 Å². The summed E-state index contributed by atoms with van der Waals surface area (Å²) >= 11 is 0. The predicted molar refractivity (Wildman–Crippen MR) is 111 cm³/mol. The molecule has 30 heavy (non-hydrogen) atoms. The Kier molecular flexibility index (Phi) is 5.44. The molecule has 4 rings (SSSR count). The zero-order valence-corrected chi connectivity index (χ0v) is 17.2. The van der Waals surface area contributed by atoms with Crippen molar-refractivity contribution in [1.29, 1.82) is 0 Å². The molecule has 3 aromatic rings. The largest absolute Gasteiger partial charge is 0.466 e. The van der Waals surface area contributed by atoms with Crippen molar-refractivity contribution in [2.75, 3.05) is 6.61 Å². The van der Waals surface area contributed by atoms with Crippen LogP contribution < -0.4 is 0 Å². The minimum Gasteiger partial charge on any atom is -0.466 e. The van der Waals surface area contributed by atoms with Crippen LogP contribution in [0.3, 0.4) is 0 Å². The second-order valence-electron chi connectivity index (χ2n) is 7.26. The molecule has 7 heteroatoms. The molecule has 1 aliphatic rings. The highest BCUT2D eigenvalue weighted by atomic mass is 19.1. The van der Waals surface area contributed by atoms with Crippen molar-refractivity contribution < 1.29 is 13.9 Å². The van der Waals surface area contributed by atoms with Gasteiger partial charge in [-0.3, -0.25) is 19.3 Å². The molecule has 0 saturated carbocycles. The maximum atomic E-state index is 14.6. The average molecular weight is 406 g/mol. The summed E-state index contributed by atoms with van der Waals surface area (Å²) in [5.41, 5.74) is 4.20. The molecule has 0 N–H and O–H groups in total. The lowest BCUT2D eigenvalue weighted by Crippen LogP contribution is -2.10. The zero-order valence-electron chi connectivity index (χ0n) is 17.2. The van der Waals surface area contributed by atoms with Gasteiger partial charge in [-0.2, -0.15) is 0 Å². The Morgan fingerprint density at radius 1 is 1.23 bits per heavy atom. The molecule has 154 valence electrons. The number of aryl methyl sites for hydroxylation is 2. The van der Waals surface area contributed by atoms with E-state index in [9.17, 15) is 9.18 Å². The molecule has 0 spiro atoms. The van der Waals surface area contributed by atoms with Crippen molar-refractivity contribution in [3.05, 3.63) is 76.9 Å². The third-order valence-electron chi connectivity index (χ3n) is 5.16. The second kappa shape index (κ2) is 8.18. The van der Waals surface area contributed by atoms with E-state index in [1.54, 1.807) is 32.3 Å². The van der Waals surface area contributed by atoms with Gasteiger partial charge in [0, 0.05) is 30.1 Å². The third kappa shape index (κ3) is 3.63. The van der Waals surface area contributed by atoms with E-state index in [0.717, 1.165) is 11.3 Å². The molecule has 0 fully saturated rings. The first-order valence-electron chi connectivity index (χ1n) is 9.99. The van der Waals surface area contributed by atoms with E-state index in [1.807, 2.05) is 29.7 Å². The summed E-state index contributed by atoms with van der Waals surface area (Å²) in [5, 5.41) is 0. The lowest BCUT2D eigenvalue weighted by molar-refractivity contribution is -0.143. The van der Waals surface area contributed by atoms with Crippen LogP contribution in [0.25, 0.3) is 5.69 Å². The molecule has 0 unspecified atom stereocenters. The van der Waals surface area contributed by atoms with Gasteiger partial charge in [-0.15, -0.1) is 0 Å². The van der Waals surface area contributed by atoms with E-state index in [2.05, 4.69) is 9.97 Å². The van der Waals surface area contributed by atoms with E-state index >= 15 is 0 Å². The fraction of sp³-hybridized carbons (Fsp3) is 0.304. The normalized spacial score (nSPS) is 15.1. The van der Waals surface area contributed by atoms with Crippen molar-refractivity contribution in [2.24, 2.45) is 4.99 Å². The number of esters is 1. The molecule has 6 nitrogen and oxygen atoms in total. The van der Waals surface area contributed by atoms with Crippen LogP contribution in [0.15, 0.2) is 47.7 Å². The molecule has 1 atom stereocenters. The monoisotopic (exact) mass is 406 g/mol. The number of benzene rings is 1. The summed E-state index contributed by atoms with van der Waals surface area (Å²) in [4.78, 5) is 26.0. The highest BCUT2D eigenvalue weighted by Gasteiger charge is 2.29. The summed E-state index contributed by atoms with van der Waals surface area (Å²) in [6.45, 7) is 5.77. The van der Waals surface area contributed by atoms with Crippen LogP contribution in [-0.2, 0) is 9.53 Å². The smallest absolute Gasteiger partial charge is 0.305 e. The van der Waals surface area contributed by atoms with Gasteiger partial charge < -0.3 is 4.74 Å². The molecule has 3 heterocycles. The molecule has 0 aliphatic carbocycles. The number of halogens is 1. The number of rotatable bonds is 5. The number of carbonyl (C=O) groups is 1. The molecule has 1 aliphatic heterocycles. The van der Waals surface area contributed by atoms with Gasteiger partial charge in [-0.05, 0) is 57.0 Å². The Morgan fingerprint density at radius 2 is 2.07 bits per heavy atom. The van der Waals surface area contributed by atoms with Crippen LogP contribution in [-0.4, -0.2) is 32.8 Å². The standard InChI is InChI=1S/C23H23FN4O2/c1-4-30-21(29)9-8-19-23-26-13-15(3)28(23)20-12-17(24)14(2)11-16(20)22(27-19)18-7-5-6-10-25-18/h5-7,10-13,19H,4,8-9H2,1-3H3/t19-/m0/s1. The topological polar surface area (TPSA) is 69.4 Å². The number of carbonyl (C=O) groups excluding carboxylic acids is 1. The number of aromatic nitrogens is 3. The Bertz CT molecular complexity index is 1120. The van der Waals surface area contributed by atoms with Crippen molar-refractivity contribution in [1.82, 2.24) is 14.5 Å². The SMILES string of the molecule is CCOC(=O)CC[C@@H]1N=C(c2ccccn2)c2cc(C)c(F)cc2-n2c(C)cnc21. The number of ether oxygens (including phenoxy) is 1. The average Bonchev–Trinajstić information content (AvgIpc) is 3.06. The van der Waals surface area contributed by atoms with E-state index < -0.39 is 6.04 Å². The molecule has 0 saturated heterocycles. The van der Waals surface area contributed by atoms with Gasteiger partial charge in [0.2, 0.25) is 0 Å². The number of hydrogen-bond donors (Lipinski definition) is 0. The Morgan fingerprint density at radius 3 is 2.80 bits per heavy atom. The number of fused-ring (bicyclic) bond motifs is 3. The van der Waals surface area contributed by atoms with Crippen molar-refractivity contribution in [2.45, 2.75) is 39.7 Å². The second-order valence-corrected chi connectivity index (χ2v) is 7.26. The molecule has 0 amide bonds. The van der Waals surface area contributed by atoms with Gasteiger partial charge in [0.1, 0.15) is 17.7 Å². The van der Waals surface area contributed by atoms with Crippen LogP contribution >= 0.6 is 0 Å². The maximum Gasteiger partial charge on any atom is 0.305 e. The summed E-state index contributed by atoms with van der Waals surface area (Å²) in [5.74, 6) is 0.107. The van der Waals surface area contributed by atoms with Crippen molar-refractivity contribution in [3.63, 3.8) is 0 Å². The Hall–Kier alpha value is -3.35. The number of hydrogen-bond acceptors (Lipinski definition) is 5. The van der Waals surface area contributed by atoms with Gasteiger partial charge in [0.25, 0.3) is 0 Å². The first-order valence-corrected chi connectivity index (χ1v) is 9.99. The van der Waals surface area contributed by atoms with Crippen LogP contribution in [0.2, 0.25) is 0 Å². The molecule has 2 aromatic heterocycles. The fourth-order valence-corrected chi connectivity index (χ4v) is 3.72. The van der Waals surface area contributed by atoms with Crippen LogP contribution in [0.5, 0.6) is 0 Å². The molecular weight excluding hydrogens is 383 g/mol. The van der Waals surface area contributed by atoms with Gasteiger partial charge >= 0.3 is 5.97 Å². The molecule has 0 radical (unpaired) electrons. The Labute approximate surface area is 174 Å². The van der Waals surface area contributed by atoms with Gasteiger partial charge in [-0.1, -0.05) is 6.07 Å². The summed E-state index contributed by atoms with van der Waals surface area (Å²) in [6, 6.07) is 8.54. The van der Waals surface area contributed by atoms with Crippen molar-refractivity contribution >= 4 is 11.7 Å². The Balaban J connectivity index is 1.91. The molecular formula is C23H23FN4O2. The number of nitrogens with zero attached hydrogens (tertiary/aromatic N) is 4. The van der Waals surface area contributed by atoms with Gasteiger partial charge in [0.05, 0.1) is 23.7 Å². The van der Waals surface area contributed by atoms with E-state index in [4.69, 9.17) is 9.73 Å².